The summed E-state index contributed by atoms with van der Waals surface area (Å²) in [5.41, 5.74) is 2.74. The molecular weight excluding hydrogens is 407 g/mol. The van der Waals surface area contributed by atoms with Gasteiger partial charge in [-0.3, -0.25) is 4.79 Å². The minimum atomic E-state index is -0.265. The Morgan fingerprint density at radius 2 is 1.81 bits per heavy atom. The van der Waals surface area contributed by atoms with Crippen molar-refractivity contribution in [2.24, 2.45) is 5.10 Å². The smallest absolute Gasteiger partial charge is 0.266 e. The van der Waals surface area contributed by atoms with E-state index in [1.165, 1.54) is 28.5 Å². The molecule has 132 valence electrons. The molecule has 1 fully saturated rings. The maximum absolute atomic E-state index is 12.6. The van der Waals surface area contributed by atoms with Crippen molar-refractivity contribution < 1.29 is 4.79 Å². The maximum Gasteiger partial charge on any atom is 0.286 e. The lowest BCUT2D eigenvalue weighted by atomic mass is 10.1. The summed E-state index contributed by atoms with van der Waals surface area (Å²) in [5.74, 6) is -0.265. The number of benzene rings is 2. The Labute approximate surface area is 171 Å². The van der Waals surface area contributed by atoms with Crippen LogP contribution in [-0.4, -0.2) is 21.5 Å². The van der Waals surface area contributed by atoms with Crippen molar-refractivity contribution >= 4 is 69.7 Å². The Morgan fingerprint density at radius 3 is 2.42 bits per heavy atom. The zero-order valence-electron chi connectivity index (χ0n) is 13.8. The molecule has 2 aromatic rings. The van der Waals surface area contributed by atoms with Gasteiger partial charge in [-0.15, -0.1) is 0 Å². The second-order valence-corrected chi connectivity index (χ2v) is 7.96. The Bertz CT molecular complexity index is 903. The molecule has 0 atom stereocenters. The van der Waals surface area contributed by atoms with Gasteiger partial charge in [0.15, 0.2) is 4.32 Å². The van der Waals surface area contributed by atoms with Crippen LogP contribution in [0.25, 0.3) is 6.08 Å². The topological polar surface area (TPSA) is 32.7 Å². The number of hydrazone groups is 1. The molecule has 1 aliphatic rings. The van der Waals surface area contributed by atoms with Crippen LogP contribution in [0, 0.1) is 0 Å². The van der Waals surface area contributed by atoms with Crippen LogP contribution in [0.5, 0.6) is 0 Å². The van der Waals surface area contributed by atoms with Gasteiger partial charge in [0.25, 0.3) is 5.91 Å². The van der Waals surface area contributed by atoms with Crippen LogP contribution in [-0.2, 0) is 11.2 Å². The van der Waals surface area contributed by atoms with Crippen molar-refractivity contribution in [3.05, 3.63) is 74.1 Å². The average Bonchev–Trinajstić information content (AvgIpc) is 2.89. The van der Waals surface area contributed by atoms with Gasteiger partial charge in [-0.1, -0.05) is 72.2 Å². The summed E-state index contributed by atoms with van der Waals surface area (Å²) in [6.07, 6.45) is 4.24. The normalized spacial score (nSPS) is 16.3. The SMILES string of the molecule is CCc1ccc(/C=C2/SC(=S)N(/N=C/c3c(Cl)cccc3Cl)C2=O)cc1. The van der Waals surface area contributed by atoms with E-state index >= 15 is 0 Å². The number of halogens is 2. The minimum absolute atomic E-state index is 0.265. The molecule has 7 heteroatoms. The van der Waals surface area contributed by atoms with Crippen LogP contribution in [0.1, 0.15) is 23.6 Å². The molecule has 0 aromatic heterocycles. The molecule has 0 unspecified atom stereocenters. The van der Waals surface area contributed by atoms with Crippen LogP contribution in [0.15, 0.2) is 52.5 Å². The van der Waals surface area contributed by atoms with E-state index in [1.807, 2.05) is 30.3 Å². The lowest BCUT2D eigenvalue weighted by Crippen LogP contribution is -2.22. The fourth-order valence-corrected chi connectivity index (χ4v) is 3.98. The first-order valence-corrected chi connectivity index (χ1v) is 9.82. The third-order valence-electron chi connectivity index (χ3n) is 3.76. The molecule has 1 amide bonds. The molecule has 0 aliphatic carbocycles. The molecule has 26 heavy (non-hydrogen) atoms. The fraction of sp³-hybridized carbons (Fsp3) is 0.105. The molecular formula is C19H14Cl2N2OS2. The summed E-state index contributed by atoms with van der Waals surface area (Å²) >= 11 is 18.7. The molecule has 0 N–H and O–H groups in total. The highest BCUT2D eigenvalue weighted by Crippen LogP contribution is 2.33. The van der Waals surface area contributed by atoms with Gasteiger partial charge in [-0.25, -0.2) is 0 Å². The van der Waals surface area contributed by atoms with Crippen LogP contribution in [0.3, 0.4) is 0 Å². The first-order valence-electron chi connectivity index (χ1n) is 7.84. The van der Waals surface area contributed by atoms with Gasteiger partial charge in [0.05, 0.1) is 21.2 Å². The van der Waals surface area contributed by atoms with E-state index in [0.717, 1.165) is 12.0 Å². The highest BCUT2D eigenvalue weighted by atomic mass is 35.5. The third kappa shape index (κ3) is 4.18. The number of carbonyl (C=O) groups excluding carboxylic acids is 1. The number of thioether (sulfide) groups is 1. The van der Waals surface area contributed by atoms with Gasteiger partial charge in [0, 0.05) is 5.56 Å². The van der Waals surface area contributed by atoms with Crippen molar-refractivity contribution in [2.75, 3.05) is 0 Å². The van der Waals surface area contributed by atoms with E-state index in [9.17, 15) is 4.79 Å². The number of hydrogen-bond acceptors (Lipinski definition) is 4. The summed E-state index contributed by atoms with van der Waals surface area (Å²) in [6, 6.07) is 13.2. The highest BCUT2D eigenvalue weighted by Gasteiger charge is 2.32. The van der Waals surface area contributed by atoms with Gasteiger partial charge in [-0.2, -0.15) is 10.1 Å². The van der Waals surface area contributed by atoms with E-state index in [-0.39, 0.29) is 5.91 Å². The molecule has 1 saturated heterocycles. The lowest BCUT2D eigenvalue weighted by molar-refractivity contribution is -0.122. The largest absolute Gasteiger partial charge is 0.286 e. The Kier molecular flexibility index (Phi) is 6.14. The predicted octanol–water partition coefficient (Wildman–Crippen LogP) is 5.79. The zero-order valence-corrected chi connectivity index (χ0v) is 16.9. The summed E-state index contributed by atoms with van der Waals surface area (Å²) in [5, 5.41) is 6.28. The maximum atomic E-state index is 12.6. The number of nitrogens with zero attached hydrogens (tertiary/aromatic N) is 2. The van der Waals surface area contributed by atoms with Crippen molar-refractivity contribution in [2.45, 2.75) is 13.3 Å². The van der Waals surface area contributed by atoms with Crippen LogP contribution in [0.4, 0.5) is 0 Å². The summed E-state index contributed by atoms with van der Waals surface area (Å²) < 4.78 is 0.367. The van der Waals surface area contributed by atoms with E-state index in [1.54, 1.807) is 18.2 Å². The van der Waals surface area contributed by atoms with E-state index < -0.39 is 0 Å². The van der Waals surface area contributed by atoms with Crippen LogP contribution in [0.2, 0.25) is 10.0 Å². The Morgan fingerprint density at radius 1 is 1.15 bits per heavy atom. The molecule has 1 aliphatic heterocycles. The van der Waals surface area contributed by atoms with Gasteiger partial charge >= 0.3 is 0 Å². The lowest BCUT2D eigenvalue weighted by Gasteiger charge is -2.07. The van der Waals surface area contributed by atoms with E-state index in [2.05, 4.69) is 12.0 Å². The van der Waals surface area contributed by atoms with Crippen molar-refractivity contribution in [3.63, 3.8) is 0 Å². The van der Waals surface area contributed by atoms with Crippen LogP contribution < -0.4 is 0 Å². The standard InChI is InChI=1S/C19H14Cl2N2OS2/c1-2-12-6-8-13(9-7-12)10-17-18(24)23(19(25)26-17)22-11-14-15(20)4-3-5-16(14)21/h3-11H,2H2,1H3/b17-10+,22-11+. The quantitative estimate of drug-likeness (QED) is 0.356. The minimum Gasteiger partial charge on any atom is -0.266 e. The molecule has 0 spiro atoms. The van der Waals surface area contributed by atoms with Crippen molar-refractivity contribution in [1.29, 1.82) is 0 Å². The number of thiocarbonyl (C=S) groups is 1. The second kappa shape index (κ2) is 8.35. The predicted molar refractivity (Wildman–Crippen MR) is 115 cm³/mol. The molecule has 1 heterocycles. The van der Waals surface area contributed by atoms with Gasteiger partial charge in [-0.05, 0) is 48.0 Å². The first-order chi connectivity index (χ1) is 12.5. The van der Waals surface area contributed by atoms with Gasteiger partial charge in [0.1, 0.15) is 0 Å². The molecule has 0 bridgehead atoms. The Balaban J connectivity index is 1.82. The molecule has 2 aromatic carbocycles. The fourth-order valence-electron chi connectivity index (χ4n) is 2.31. The highest BCUT2D eigenvalue weighted by molar-refractivity contribution is 8.26. The van der Waals surface area contributed by atoms with Crippen LogP contribution >= 0.6 is 47.2 Å². The number of rotatable bonds is 4. The average molecular weight is 421 g/mol. The summed E-state index contributed by atoms with van der Waals surface area (Å²) in [7, 11) is 0. The van der Waals surface area contributed by atoms with Gasteiger partial charge in [0.2, 0.25) is 0 Å². The molecule has 3 nitrogen and oxygen atoms in total. The van der Waals surface area contributed by atoms with Crippen molar-refractivity contribution in [3.8, 4) is 0 Å². The van der Waals surface area contributed by atoms with E-state index in [4.69, 9.17) is 35.4 Å². The number of hydrogen-bond donors (Lipinski definition) is 0. The number of aryl methyl sites for hydroxylation is 1. The van der Waals surface area contributed by atoms with E-state index in [0.29, 0.717) is 24.8 Å². The van der Waals surface area contributed by atoms with Crippen molar-refractivity contribution in [1.82, 2.24) is 5.01 Å². The number of amides is 1. The second-order valence-electron chi connectivity index (χ2n) is 5.47. The van der Waals surface area contributed by atoms with Gasteiger partial charge < -0.3 is 0 Å². The zero-order chi connectivity index (χ0) is 18.7. The Hall–Kier alpha value is -1.66. The first kappa shape index (κ1) is 19.1. The monoisotopic (exact) mass is 420 g/mol. The molecule has 3 rings (SSSR count). The third-order valence-corrected chi connectivity index (χ3v) is 5.70. The summed E-state index contributed by atoms with van der Waals surface area (Å²) in [6.45, 7) is 2.10. The molecule has 0 radical (unpaired) electrons. The molecule has 0 saturated carbocycles. The number of carbonyl (C=O) groups is 1. The summed E-state index contributed by atoms with van der Waals surface area (Å²) in [4.78, 5) is 13.1.